The molecular weight excluding hydrogens is 362 g/mol. The zero-order valence-electron chi connectivity index (χ0n) is 16.0. The van der Waals surface area contributed by atoms with Gasteiger partial charge in [0.25, 0.3) is 11.8 Å². The molecule has 0 heterocycles. The maximum absolute atomic E-state index is 12.4. The number of carbonyl (C=O) groups excluding carboxylic acids is 2. The van der Waals surface area contributed by atoms with E-state index in [-0.39, 0.29) is 29.5 Å². The van der Waals surface area contributed by atoms with Crippen LogP contribution in [-0.2, 0) is 0 Å². The van der Waals surface area contributed by atoms with Crippen molar-refractivity contribution >= 4 is 23.2 Å². The van der Waals surface area contributed by atoms with Gasteiger partial charge in [-0.1, -0.05) is 13.8 Å². The van der Waals surface area contributed by atoms with Crippen LogP contribution in [0.1, 0.15) is 41.5 Å². The number of nitrogens with one attached hydrogen (secondary N) is 2. The topological polar surface area (TPSA) is 111 Å². The number of nitrogens with zero attached hydrogens (tertiary/aromatic N) is 1. The van der Waals surface area contributed by atoms with E-state index in [1.165, 1.54) is 18.2 Å². The summed E-state index contributed by atoms with van der Waals surface area (Å²) in [6, 6.07) is 10.4. The molecule has 0 aliphatic rings. The van der Waals surface area contributed by atoms with Crippen molar-refractivity contribution in [2.45, 2.75) is 20.8 Å². The predicted molar refractivity (Wildman–Crippen MR) is 106 cm³/mol. The third kappa shape index (κ3) is 5.54. The van der Waals surface area contributed by atoms with Gasteiger partial charge in [-0.15, -0.1) is 0 Å². The largest absolute Gasteiger partial charge is 0.487 e. The highest BCUT2D eigenvalue weighted by atomic mass is 16.6. The van der Waals surface area contributed by atoms with Gasteiger partial charge in [0.1, 0.15) is 0 Å². The van der Waals surface area contributed by atoms with E-state index in [9.17, 15) is 19.7 Å². The molecular formula is C20H23N3O5. The van der Waals surface area contributed by atoms with Gasteiger partial charge in [0.2, 0.25) is 0 Å². The quantitative estimate of drug-likeness (QED) is 0.532. The first kappa shape index (κ1) is 20.9. The highest BCUT2D eigenvalue weighted by molar-refractivity contribution is 6.05. The fourth-order valence-electron chi connectivity index (χ4n) is 2.39. The van der Waals surface area contributed by atoms with Gasteiger partial charge in [-0.3, -0.25) is 19.7 Å². The number of nitro benzene ring substituents is 1. The van der Waals surface area contributed by atoms with E-state index >= 15 is 0 Å². The van der Waals surface area contributed by atoms with E-state index in [2.05, 4.69) is 10.6 Å². The molecule has 2 aromatic rings. The Morgan fingerprint density at radius 3 is 2.29 bits per heavy atom. The summed E-state index contributed by atoms with van der Waals surface area (Å²) >= 11 is 0. The fraction of sp³-hybridized carbons (Fsp3) is 0.300. The van der Waals surface area contributed by atoms with Crippen LogP contribution in [0.4, 0.5) is 11.4 Å². The van der Waals surface area contributed by atoms with Crippen LogP contribution in [0.2, 0.25) is 0 Å². The minimum atomic E-state index is -0.591. The number of rotatable bonds is 8. The molecule has 8 nitrogen and oxygen atoms in total. The first-order valence-electron chi connectivity index (χ1n) is 8.92. The lowest BCUT2D eigenvalue weighted by molar-refractivity contribution is -0.385. The lowest BCUT2D eigenvalue weighted by Gasteiger charge is -2.09. The van der Waals surface area contributed by atoms with Crippen LogP contribution in [0.5, 0.6) is 5.75 Å². The summed E-state index contributed by atoms with van der Waals surface area (Å²) in [5, 5.41) is 16.7. The monoisotopic (exact) mass is 385 g/mol. The number of nitro groups is 1. The molecule has 0 radical (unpaired) electrons. The molecule has 0 unspecified atom stereocenters. The molecule has 8 heteroatoms. The summed E-state index contributed by atoms with van der Waals surface area (Å²) in [4.78, 5) is 35.0. The summed E-state index contributed by atoms with van der Waals surface area (Å²) in [5.41, 5.74) is 0.817. The Bertz CT molecular complexity index is 863. The molecule has 2 aromatic carbocycles. The smallest absolute Gasteiger partial charge is 0.311 e. The minimum absolute atomic E-state index is 0.112. The Balaban J connectivity index is 2.09. The van der Waals surface area contributed by atoms with E-state index in [0.29, 0.717) is 23.7 Å². The lowest BCUT2D eigenvalue weighted by Crippen LogP contribution is -2.27. The van der Waals surface area contributed by atoms with Crippen molar-refractivity contribution < 1.29 is 19.2 Å². The Kier molecular flexibility index (Phi) is 7.08. The normalized spacial score (nSPS) is 10.4. The van der Waals surface area contributed by atoms with Crippen molar-refractivity contribution in [1.29, 1.82) is 0 Å². The summed E-state index contributed by atoms with van der Waals surface area (Å²) in [6.45, 7) is 6.59. The molecule has 0 aliphatic carbocycles. The number of benzene rings is 2. The van der Waals surface area contributed by atoms with Gasteiger partial charge < -0.3 is 15.4 Å². The minimum Gasteiger partial charge on any atom is -0.487 e. The van der Waals surface area contributed by atoms with Crippen molar-refractivity contribution in [2.75, 3.05) is 18.5 Å². The number of hydrogen-bond donors (Lipinski definition) is 2. The van der Waals surface area contributed by atoms with Crippen LogP contribution in [0.3, 0.4) is 0 Å². The summed E-state index contributed by atoms with van der Waals surface area (Å²) < 4.78 is 5.21. The summed E-state index contributed by atoms with van der Waals surface area (Å²) in [5.74, 6) is -0.224. The van der Waals surface area contributed by atoms with Crippen LogP contribution in [0, 0.1) is 16.0 Å². The highest BCUT2D eigenvalue weighted by Gasteiger charge is 2.18. The molecule has 0 bridgehead atoms. The zero-order valence-corrected chi connectivity index (χ0v) is 16.0. The first-order valence-corrected chi connectivity index (χ1v) is 8.92. The molecule has 0 saturated heterocycles. The molecule has 0 spiro atoms. The van der Waals surface area contributed by atoms with E-state index in [0.717, 1.165) is 0 Å². The molecule has 28 heavy (non-hydrogen) atoms. The Hall–Kier alpha value is -3.42. The third-order valence-electron chi connectivity index (χ3n) is 3.79. The number of anilines is 1. The molecule has 148 valence electrons. The first-order chi connectivity index (χ1) is 13.3. The van der Waals surface area contributed by atoms with Crippen LogP contribution in [-0.4, -0.2) is 29.9 Å². The molecule has 2 rings (SSSR count). The number of ether oxygens (including phenoxy) is 1. The fourth-order valence-corrected chi connectivity index (χ4v) is 2.39. The van der Waals surface area contributed by atoms with E-state index in [1.807, 2.05) is 13.8 Å². The number of carbonyl (C=O) groups is 2. The second kappa shape index (κ2) is 9.50. The van der Waals surface area contributed by atoms with Gasteiger partial charge in [0.05, 0.1) is 11.5 Å². The lowest BCUT2D eigenvalue weighted by atomic mass is 10.1. The van der Waals surface area contributed by atoms with Gasteiger partial charge in [0, 0.05) is 29.4 Å². The summed E-state index contributed by atoms with van der Waals surface area (Å²) in [7, 11) is 0. The zero-order chi connectivity index (χ0) is 20.7. The van der Waals surface area contributed by atoms with Gasteiger partial charge in [-0.05, 0) is 49.2 Å². The Morgan fingerprint density at radius 1 is 1.07 bits per heavy atom. The molecule has 0 aliphatic heterocycles. The standard InChI is InChI=1S/C20H23N3O5/c1-4-28-18-10-7-15(11-17(18)23(26)27)20(25)22-16-8-5-14(6-9-16)19(24)21-12-13(2)3/h5-11,13H,4,12H2,1-3H3,(H,21,24)(H,22,25). The van der Waals surface area contributed by atoms with E-state index in [1.54, 1.807) is 31.2 Å². The van der Waals surface area contributed by atoms with Crippen LogP contribution in [0.25, 0.3) is 0 Å². The Morgan fingerprint density at radius 2 is 1.71 bits per heavy atom. The third-order valence-corrected chi connectivity index (χ3v) is 3.79. The van der Waals surface area contributed by atoms with Gasteiger partial charge in [0.15, 0.2) is 5.75 Å². The van der Waals surface area contributed by atoms with Crippen molar-refractivity contribution in [3.63, 3.8) is 0 Å². The second-order valence-electron chi connectivity index (χ2n) is 6.51. The van der Waals surface area contributed by atoms with Crippen molar-refractivity contribution in [1.82, 2.24) is 5.32 Å². The second-order valence-corrected chi connectivity index (χ2v) is 6.51. The molecule has 0 saturated carbocycles. The number of hydrogen-bond acceptors (Lipinski definition) is 5. The predicted octanol–water partition coefficient (Wildman–Crippen LogP) is 3.63. The van der Waals surface area contributed by atoms with Crippen LogP contribution in [0.15, 0.2) is 42.5 Å². The maximum atomic E-state index is 12.4. The molecule has 2 N–H and O–H groups in total. The average Bonchev–Trinajstić information content (AvgIpc) is 2.67. The van der Waals surface area contributed by atoms with E-state index in [4.69, 9.17) is 4.74 Å². The van der Waals surface area contributed by atoms with Crippen molar-refractivity contribution in [3.8, 4) is 5.75 Å². The van der Waals surface area contributed by atoms with Crippen molar-refractivity contribution in [3.05, 3.63) is 63.7 Å². The van der Waals surface area contributed by atoms with Crippen LogP contribution < -0.4 is 15.4 Å². The SMILES string of the molecule is CCOc1ccc(C(=O)Nc2ccc(C(=O)NCC(C)C)cc2)cc1[N+](=O)[O-]. The van der Waals surface area contributed by atoms with Gasteiger partial charge in [-0.2, -0.15) is 0 Å². The average molecular weight is 385 g/mol. The maximum Gasteiger partial charge on any atom is 0.311 e. The highest BCUT2D eigenvalue weighted by Crippen LogP contribution is 2.28. The van der Waals surface area contributed by atoms with E-state index < -0.39 is 10.8 Å². The molecule has 2 amide bonds. The van der Waals surface area contributed by atoms with Crippen molar-refractivity contribution in [2.24, 2.45) is 5.92 Å². The van der Waals surface area contributed by atoms with Gasteiger partial charge in [-0.25, -0.2) is 0 Å². The Labute approximate surface area is 163 Å². The molecule has 0 aromatic heterocycles. The number of amides is 2. The molecule has 0 fully saturated rings. The summed E-state index contributed by atoms with van der Waals surface area (Å²) in [6.07, 6.45) is 0. The molecule has 0 atom stereocenters. The van der Waals surface area contributed by atoms with Crippen LogP contribution >= 0.6 is 0 Å². The van der Waals surface area contributed by atoms with Gasteiger partial charge >= 0.3 is 5.69 Å².